The van der Waals surface area contributed by atoms with E-state index in [0.29, 0.717) is 6.61 Å². The van der Waals surface area contributed by atoms with E-state index >= 15 is 0 Å². The Labute approximate surface area is 132 Å². The fourth-order valence-electron chi connectivity index (χ4n) is 2.22. The Hall–Kier alpha value is -1.51. The van der Waals surface area contributed by atoms with Crippen LogP contribution < -0.4 is 10.1 Å². The summed E-state index contributed by atoms with van der Waals surface area (Å²) >= 11 is 6.28. The molecule has 0 atom stereocenters. The Morgan fingerprint density at radius 2 is 1.86 bits per heavy atom. The lowest BCUT2D eigenvalue weighted by molar-refractivity contribution is 0.340. The van der Waals surface area contributed by atoms with Crippen molar-refractivity contribution in [3.8, 4) is 16.9 Å². The van der Waals surface area contributed by atoms with E-state index < -0.39 is 0 Å². The van der Waals surface area contributed by atoms with Crippen LogP contribution in [0.4, 0.5) is 0 Å². The highest BCUT2D eigenvalue weighted by Crippen LogP contribution is 2.27. The lowest BCUT2D eigenvalue weighted by Gasteiger charge is -2.10. The van der Waals surface area contributed by atoms with Gasteiger partial charge in [-0.1, -0.05) is 36.7 Å². The first-order valence-corrected chi connectivity index (χ1v) is 7.84. The molecule has 0 unspecified atom stereocenters. The molecule has 1 N–H and O–H groups in total. The van der Waals surface area contributed by atoms with Gasteiger partial charge in [-0.2, -0.15) is 0 Å². The summed E-state index contributed by atoms with van der Waals surface area (Å²) in [5.41, 5.74) is 3.44. The van der Waals surface area contributed by atoms with E-state index in [9.17, 15) is 0 Å². The highest BCUT2D eigenvalue weighted by Gasteiger charge is 2.05. The molecule has 21 heavy (non-hydrogen) atoms. The van der Waals surface area contributed by atoms with Gasteiger partial charge >= 0.3 is 0 Å². The quantitative estimate of drug-likeness (QED) is 0.734. The zero-order valence-electron chi connectivity index (χ0n) is 12.7. The summed E-state index contributed by atoms with van der Waals surface area (Å²) in [5, 5.41) is 4.20. The van der Waals surface area contributed by atoms with E-state index in [4.69, 9.17) is 16.3 Å². The van der Waals surface area contributed by atoms with Gasteiger partial charge in [-0.3, -0.25) is 0 Å². The molecular formula is C18H22ClNO. The maximum Gasteiger partial charge on any atom is 0.119 e. The molecule has 0 heterocycles. The normalized spacial score (nSPS) is 10.6. The summed E-state index contributed by atoms with van der Waals surface area (Å²) in [6.07, 6.45) is 1.12. The molecule has 0 radical (unpaired) electrons. The van der Waals surface area contributed by atoms with Crippen LogP contribution in [0.5, 0.6) is 5.75 Å². The largest absolute Gasteiger partial charge is 0.494 e. The zero-order valence-corrected chi connectivity index (χ0v) is 13.4. The Morgan fingerprint density at radius 3 is 2.62 bits per heavy atom. The van der Waals surface area contributed by atoms with Gasteiger partial charge in [0.1, 0.15) is 5.75 Å². The minimum absolute atomic E-state index is 0.677. The van der Waals surface area contributed by atoms with Gasteiger partial charge in [-0.05, 0) is 60.8 Å². The first-order chi connectivity index (χ1) is 10.2. The average Bonchev–Trinajstić information content (AvgIpc) is 2.50. The Kier molecular flexibility index (Phi) is 6.09. The molecule has 2 nitrogen and oxygen atoms in total. The number of hydrogen-bond acceptors (Lipinski definition) is 2. The molecule has 0 fully saturated rings. The summed E-state index contributed by atoms with van der Waals surface area (Å²) in [5.74, 6) is 0.899. The molecule has 0 aliphatic carbocycles. The van der Waals surface area contributed by atoms with Gasteiger partial charge in [0.15, 0.2) is 0 Å². The van der Waals surface area contributed by atoms with Crippen LogP contribution in [-0.4, -0.2) is 13.2 Å². The molecular weight excluding hydrogens is 282 g/mol. The van der Waals surface area contributed by atoms with Gasteiger partial charge in [-0.15, -0.1) is 0 Å². The van der Waals surface area contributed by atoms with E-state index in [0.717, 1.165) is 47.0 Å². The van der Waals surface area contributed by atoms with Crippen molar-refractivity contribution in [1.29, 1.82) is 0 Å². The molecule has 0 saturated carbocycles. The van der Waals surface area contributed by atoms with Crippen LogP contribution in [0.15, 0.2) is 42.5 Å². The lowest BCUT2D eigenvalue weighted by Crippen LogP contribution is -2.14. The van der Waals surface area contributed by atoms with Crippen molar-refractivity contribution in [2.45, 2.75) is 26.8 Å². The van der Waals surface area contributed by atoms with Crippen LogP contribution in [0.1, 0.15) is 25.8 Å². The van der Waals surface area contributed by atoms with Crippen LogP contribution in [0, 0.1) is 0 Å². The van der Waals surface area contributed by atoms with Crippen molar-refractivity contribution in [1.82, 2.24) is 5.32 Å². The molecule has 2 aromatic rings. The van der Waals surface area contributed by atoms with Gasteiger partial charge in [0.25, 0.3) is 0 Å². The Balaban J connectivity index is 2.23. The maximum absolute atomic E-state index is 6.28. The third kappa shape index (κ3) is 4.48. The van der Waals surface area contributed by atoms with Crippen LogP contribution in [-0.2, 0) is 6.54 Å². The van der Waals surface area contributed by atoms with Crippen molar-refractivity contribution in [2.24, 2.45) is 0 Å². The van der Waals surface area contributed by atoms with E-state index in [-0.39, 0.29) is 0 Å². The molecule has 0 aliphatic heterocycles. The molecule has 0 bridgehead atoms. The minimum atomic E-state index is 0.677. The smallest absolute Gasteiger partial charge is 0.119 e. The van der Waals surface area contributed by atoms with Gasteiger partial charge < -0.3 is 10.1 Å². The van der Waals surface area contributed by atoms with Crippen molar-refractivity contribution in [2.75, 3.05) is 13.2 Å². The Bertz CT molecular complexity index is 583. The molecule has 0 aromatic heterocycles. The fraction of sp³-hybridized carbons (Fsp3) is 0.333. The van der Waals surface area contributed by atoms with Gasteiger partial charge in [0.2, 0.25) is 0 Å². The topological polar surface area (TPSA) is 21.3 Å². The summed E-state index contributed by atoms with van der Waals surface area (Å²) in [7, 11) is 0. The Morgan fingerprint density at radius 1 is 1.05 bits per heavy atom. The van der Waals surface area contributed by atoms with Gasteiger partial charge in [0.05, 0.1) is 6.61 Å². The second-order valence-electron chi connectivity index (χ2n) is 4.94. The average molecular weight is 304 g/mol. The maximum atomic E-state index is 6.28. The third-order valence-electron chi connectivity index (χ3n) is 3.27. The molecule has 2 aromatic carbocycles. The third-order valence-corrected chi connectivity index (χ3v) is 3.64. The van der Waals surface area contributed by atoms with Gasteiger partial charge in [-0.25, -0.2) is 0 Å². The number of nitrogens with one attached hydrogen (secondary N) is 1. The molecule has 0 aliphatic rings. The van der Waals surface area contributed by atoms with E-state index in [1.54, 1.807) is 0 Å². The fourth-order valence-corrected chi connectivity index (χ4v) is 2.41. The van der Waals surface area contributed by atoms with Crippen molar-refractivity contribution >= 4 is 11.6 Å². The van der Waals surface area contributed by atoms with Crippen LogP contribution in [0.25, 0.3) is 11.1 Å². The summed E-state index contributed by atoms with van der Waals surface area (Å²) < 4.78 is 5.56. The van der Waals surface area contributed by atoms with Crippen molar-refractivity contribution in [3.63, 3.8) is 0 Å². The molecule has 3 heteroatoms. The first kappa shape index (κ1) is 15.9. The van der Waals surface area contributed by atoms with Crippen LogP contribution in [0.2, 0.25) is 5.02 Å². The number of halogens is 1. The predicted octanol–water partition coefficient (Wildman–Crippen LogP) is 4.91. The molecule has 0 amide bonds. The monoisotopic (exact) mass is 303 g/mol. The number of hydrogen-bond donors (Lipinski definition) is 1. The first-order valence-electron chi connectivity index (χ1n) is 7.47. The molecule has 2 rings (SSSR count). The van der Waals surface area contributed by atoms with Gasteiger partial charge in [0, 0.05) is 11.6 Å². The number of ether oxygens (including phenoxy) is 1. The second-order valence-corrected chi connectivity index (χ2v) is 5.35. The summed E-state index contributed by atoms with van der Waals surface area (Å²) in [4.78, 5) is 0. The van der Waals surface area contributed by atoms with E-state index in [2.05, 4.69) is 36.5 Å². The van der Waals surface area contributed by atoms with E-state index in [1.165, 1.54) is 0 Å². The highest BCUT2D eigenvalue weighted by molar-refractivity contribution is 6.31. The molecule has 0 spiro atoms. The standard InChI is InChI=1S/C18H22ClNO/c1-3-10-20-13-16-11-15(8-9-18(16)19)14-6-5-7-17(12-14)21-4-2/h5-9,11-12,20H,3-4,10,13H2,1-2H3. The van der Waals surface area contributed by atoms with Crippen LogP contribution >= 0.6 is 11.6 Å². The minimum Gasteiger partial charge on any atom is -0.494 e. The summed E-state index contributed by atoms with van der Waals surface area (Å²) in [6, 6.07) is 14.3. The van der Waals surface area contributed by atoms with E-state index in [1.807, 2.05) is 25.1 Å². The zero-order chi connectivity index (χ0) is 15.1. The second kappa shape index (κ2) is 8.06. The molecule has 112 valence electrons. The van der Waals surface area contributed by atoms with Crippen LogP contribution in [0.3, 0.4) is 0 Å². The lowest BCUT2D eigenvalue weighted by atomic mass is 10.0. The highest BCUT2D eigenvalue weighted by atomic mass is 35.5. The van der Waals surface area contributed by atoms with Crippen molar-refractivity contribution in [3.05, 3.63) is 53.1 Å². The number of benzene rings is 2. The predicted molar refractivity (Wildman–Crippen MR) is 90.1 cm³/mol. The summed E-state index contributed by atoms with van der Waals surface area (Å²) in [6.45, 7) is 6.62. The SMILES string of the molecule is CCCNCc1cc(-c2cccc(OCC)c2)ccc1Cl. The number of rotatable bonds is 7. The molecule has 0 saturated heterocycles. The van der Waals surface area contributed by atoms with Crippen molar-refractivity contribution < 1.29 is 4.74 Å².